The zero-order valence-electron chi connectivity index (χ0n) is 17.0. The van der Waals surface area contributed by atoms with E-state index in [-0.39, 0.29) is 5.54 Å². The van der Waals surface area contributed by atoms with Gasteiger partial charge in [0.1, 0.15) is 0 Å². The number of isocyanates is 1. The van der Waals surface area contributed by atoms with E-state index < -0.39 is 0 Å². The Morgan fingerprint density at radius 2 is 1.08 bits per heavy atom. The molecule has 0 aliphatic heterocycles. The maximum absolute atomic E-state index is 10.6. The molecule has 0 bridgehead atoms. The topological polar surface area (TPSA) is 29.4 Å². The summed E-state index contributed by atoms with van der Waals surface area (Å²) in [5.41, 5.74) is -0.0156. The maximum atomic E-state index is 10.6. The molecule has 0 saturated heterocycles. The molecule has 0 radical (unpaired) electrons. The van der Waals surface area contributed by atoms with Gasteiger partial charge in [0.15, 0.2) is 0 Å². The Hall–Kier alpha value is -0.620. The molecule has 2 heteroatoms. The molecule has 0 aromatic rings. The quantitative estimate of drug-likeness (QED) is 0.149. The van der Waals surface area contributed by atoms with Crippen LogP contribution in [0.25, 0.3) is 0 Å². The van der Waals surface area contributed by atoms with E-state index >= 15 is 0 Å². The van der Waals surface area contributed by atoms with Gasteiger partial charge in [0, 0.05) is 0 Å². The molecule has 1 aliphatic carbocycles. The van der Waals surface area contributed by atoms with Crippen molar-refractivity contribution < 1.29 is 4.79 Å². The summed E-state index contributed by atoms with van der Waals surface area (Å²) in [6, 6.07) is 0. The predicted molar refractivity (Wildman–Crippen MR) is 109 cm³/mol. The van der Waals surface area contributed by atoms with E-state index in [0.29, 0.717) is 0 Å². The molecular weight excluding hydrogens is 306 g/mol. The molecule has 1 aliphatic rings. The van der Waals surface area contributed by atoms with Crippen LogP contribution >= 0.6 is 0 Å². The van der Waals surface area contributed by atoms with Gasteiger partial charge in [-0.25, -0.2) is 4.79 Å². The summed E-state index contributed by atoms with van der Waals surface area (Å²) < 4.78 is 0. The second kappa shape index (κ2) is 15.6. The van der Waals surface area contributed by atoms with Crippen LogP contribution in [-0.4, -0.2) is 11.6 Å². The molecule has 0 amide bonds. The van der Waals surface area contributed by atoms with Crippen LogP contribution in [-0.2, 0) is 4.79 Å². The van der Waals surface area contributed by atoms with Crippen LogP contribution in [0.3, 0.4) is 0 Å². The highest BCUT2D eigenvalue weighted by Gasteiger charge is 2.32. The minimum atomic E-state index is -0.0156. The van der Waals surface area contributed by atoms with Gasteiger partial charge in [0.05, 0.1) is 5.54 Å². The monoisotopic (exact) mass is 349 g/mol. The minimum Gasteiger partial charge on any atom is -0.211 e. The number of hydrogen-bond acceptors (Lipinski definition) is 2. The second-order valence-corrected chi connectivity index (χ2v) is 8.33. The number of carbonyl (C=O) groups excluding carboxylic acids is 1. The smallest absolute Gasteiger partial charge is 0.211 e. The Labute approximate surface area is 157 Å². The third kappa shape index (κ3) is 11.6. The molecule has 0 unspecified atom stereocenters. The fourth-order valence-electron chi connectivity index (χ4n) is 4.37. The fourth-order valence-corrected chi connectivity index (χ4v) is 4.37. The molecule has 2 nitrogen and oxygen atoms in total. The fraction of sp³-hybridized carbons (Fsp3) is 0.957. The van der Waals surface area contributed by atoms with Gasteiger partial charge in [-0.05, 0) is 19.3 Å². The summed E-state index contributed by atoms with van der Waals surface area (Å²) >= 11 is 0. The van der Waals surface area contributed by atoms with Crippen LogP contribution in [0.1, 0.15) is 135 Å². The summed E-state index contributed by atoms with van der Waals surface area (Å²) in [5, 5.41) is 0. The molecule has 25 heavy (non-hydrogen) atoms. The van der Waals surface area contributed by atoms with Gasteiger partial charge in [0.2, 0.25) is 6.08 Å². The molecule has 0 N–H and O–H groups in total. The molecule has 0 heterocycles. The highest BCUT2D eigenvalue weighted by atomic mass is 16.1. The van der Waals surface area contributed by atoms with E-state index in [4.69, 9.17) is 0 Å². The van der Waals surface area contributed by atoms with Crippen molar-refractivity contribution in [3.8, 4) is 0 Å². The predicted octanol–water partition coefficient (Wildman–Crippen LogP) is 7.90. The summed E-state index contributed by atoms with van der Waals surface area (Å²) in [6.07, 6.45) is 28.7. The lowest BCUT2D eigenvalue weighted by molar-refractivity contribution is 0.383. The summed E-state index contributed by atoms with van der Waals surface area (Å²) in [7, 11) is 0. The first kappa shape index (κ1) is 22.4. The Morgan fingerprint density at radius 1 is 0.680 bits per heavy atom. The van der Waals surface area contributed by atoms with Crippen LogP contribution in [0.4, 0.5) is 0 Å². The first-order valence-electron chi connectivity index (χ1n) is 11.4. The van der Waals surface area contributed by atoms with Crippen LogP contribution in [0, 0.1) is 0 Å². The Balaban J connectivity index is 1.81. The van der Waals surface area contributed by atoms with E-state index in [1.165, 1.54) is 109 Å². The van der Waals surface area contributed by atoms with Gasteiger partial charge in [-0.1, -0.05) is 116 Å². The third-order valence-corrected chi connectivity index (χ3v) is 6.06. The number of unbranched alkanes of at least 4 members (excludes halogenated alkanes) is 14. The van der Waals surface area contributed by atoms with Crippen LogP contribution in [0.5, 0.6) is 0 Å². The van der Waals surface area contributed by atoms with Crippen molar-refractivity contribution in [1.82, 2.24) is 0 Å². The molecule has 1 rings (SSSR count). The Kier molecular flexibility index (Phi) is 14.0. The molecule has 0 spiro atoms. The SMILES string of the molecule is CCCCCCCCCCCCCCCCCC1(N=C=O)CCCC1. The molecule has 1 fully saturated rings. The summed E-state index contributed by atoms with van der Waals surface area (Å²) in [4.78, 5) is 14.8. The van der Waals surface area contributed by atoms with Gasteiger partial charge in [0.25, 0.3) is 0 Å². The van der Waals surface area contributed by atoms with Crippen molar-refractivity contribution in [1.29, 1.82) is 0 Å². The summed E-state index contributed by atoms with van der Waals surface area (Å²) in [6.45, 7) is 2.29. The normalized spacial score (nSPS) is 16.0. The van der Waals surface area contributed by atoms with Crippen LogP contribution in [0.2, 0.25) is 0 Å². The lowest BCUT2D eigenvalue weighted by atomic mass is 9.91. The average molecular weight is 350 g/mol. The number of hydrogen-bond donors (Lipinski definition) is 0. The second-order valence-electron chi connectivity index (χ2n) is 8.33. The minimum absolute atomic E-state index is 0.0156. The van der Waals surface area contributed by atoms with E-state index in [1.807, 2.05) is 6.08 Å². The first-order valence-corrected chi connectivity index (χ1v) is 11.4. The number of nitrogens with zero attached hydrogens (tertiary/aromatic N) is 1. The Morgan fingerprint density at radius 3 is 1.48 bits per heavy atom. The highest BCUT2D eigenvalue weighted by molar-refractivity contribution is 5.35. The molecular formula is C23H43NO. The van der Waals surface area contributed by atoms with Crippen molar-refractivity contribution in [3.05, 3.63) is 0 Å². The highest BCUT2D eigenvalue weighted by Crippen LogP contribution is 2.37. The first-order chi connectivity index (χ1) is 12.3. The van der Waals surface area contributed by atoms with E-state index in [9.17, 15) is 4.79 Å². The average Bonchev–Trinajstić information content (AvgIpc) is 3.07. The van der Waals surface area contributed by atoms with Crippen molar-refractivity contribution in [2.24, 2.45) is 4.99 Å². The van der Waals surface area contributed by atoms with Crippen molar-refractivity contribution >= 4 is 6.08 Å². The van der Waals surface area contributed by atoms with E-state index in [2.05, 4.69) is 11.9 Å². The van der Waals surface area contributed by atoms with Gasteiger partial charge in [-0.2, -0.15) is 4.99 Å². The Bertz CT molecular complexity index is 340. The molecule has 0 aromatic carbocycles. The molecule has 146 valence electrons. The van der Waals surface area contributed by atoms with Crippen LogP contribution < -0.4 is 0 Å². The van der Waals surface area contributed by atoms with Crippen molar-refractivity contribution in [2.45, 2.75) is 141 Å². The van der Waals surface area contributed by atoms with E-state index in [1.54, 1.807) is 0 Å². The van der Waals surface area contributed by atoms with Gasteiger partial charge >= 0.3 is 0 Å². The summed E-state index contributed by atoms with van der Waals surface area (Å²) in [5.74, 6) is 0. The number of rotatable bonds is 17. The largest absolute Gasteiger partial charge is 0.235 e. The lowest BCUT2D eigenvalue weighted by Crippen LogP contribution is -2.21. The van der Waals surface area contributed by atoms with Crippen molar-refractivity contribution in [3.63, 3.8) is 0 Å². The number of aliphatic imine (C=N–C) groups is 1. The van der Waals surface area contributed by atoms with Gasteiger partial charge in [-0.3, -0.25) is 0 Å². The van der Waals surface area contributed by atoms with Gasteiger partial charge in [-0.15, -0.1) is 0 Å². The lowest BCUT2D eigenvalue weighted by Gasteiger charge is -2.21. The zero-order valence-corrected chi connectivity index (χ0v) is 17.0. The molecule has 0 aromatic heterocycles. The zero-order chi connectivity index (χ0) is 18.1. The van der Waals surface area contributed by atoms with Crippen molar-refractivity contribution in [2.75, 3.05) is 0 Å². The maximum Gasteiger partial charge on any atom is 0.235 e. The van der Waals surface area contributed by atoms with Gasteiger partial charge < -0.3 is 0 Å². The van der Waals surface area contributed by atoms with E-state index in [0.717, 1.165) is 19.3 Å². The standard InChI is InChI=1S/C23H43NO/c1-2-3-4-5-6-7-8-9-10-11-12-13-14-15-16-19-23(24-22-25)20-17-18-21-23/h2-21H2,1H3. The van der Waals surface area contributed by atoms with Crippen LogP contribution in [0.15, 0.2) is 4.99 Å². The molecule has 0 atom stereocenters. The molecule has 1 saturated carbocycles. The third-order valence-electron chi connectivity index (χ3n) is 6.06.